The van der Waals surface area contributed by atoms with Crippen LogP contribution >= 0.6 is 0 Å². The number of hydrogen-bond donors (Lipinski definition) is 1. The Balaban J connectivity index is 2.34. The highest BCUT2D eigenvalue weighted by Crippen LogP contribution is 2.13. The summed E-state index contributed by atoms with van der Waals surface area (Å²) in [6, 6.07) is 8.66. The van der Waals surface area contributed by atoms with Crippen molar-refractivity contribution in [3.63, 3.8) is 0 Å². The average Bonchev–Trinajstić information content (AvgIpc) is 2.30. The van der Waals surface area contributed by atoms with Gasteiger partial charge in [-0.2, -0.15) is 0 Å². The molecule has 1 N–H and O–H groups in total. The van der Waals surface area contributed by atoms with E-state index in [2.05, 4.69) is 12.2 Å². The molecule has 0 fully saturated rings. The van der Waals surface area contributed by atoms with Gasteiger partial charge in [0, 0.05) is 12.0 Å². The molecule has 0 radical (unpaired) electrons. The number of unbranched alkanes of at least 4 members (excludes halogenated alkanes) is 2. The fraction of sp³-hybridized carbons (Fsp3) is 0.462. The van der Waals surface area contributed by atoms with E-state index in [1.54, 1.807) is 24.3 Å². The van der Waals surface area contributed by atoms with E-state index in [4.69, 9.17) is 0 Å². The number of alkyl halides is 1. The van der Waals surface area contributed by atoms with E-state index in [1.807, 2.05) is 6.07 Å². The smallest absolute Gasteiger partial charge is 0.222 e. The molecule has 1 atom stereocenters. The lowest BCUT2D eigenvalue weighted by Crippen LogP contribution is -2.25. The Hall–Kier alpha value is -1.38. The van der Waals surface area contributed by atoms with E-state index >= 15 is 0 Å². The van der Waals surface area contributed by atoms with Crippen LogP contribution in [0.1, 0.15) is 44.5 Å². The third-order valence-corrected chi connectivity index (χ3v) is 2.39. The molecular formula is C13H18FNO. The first-order valence-electron chi connectivity index (χ1n) is 5.72. The molecule has 1 amide bonds. The Bertz CT molecular complexity index is 313. The van der Waals surface area contributed by atoms with Crippen LogP contribution in [0.5, 0.6) is 0 Å². The maximum atomic E-state index is 13.6. The molecule has 0 aliphatic heterocycles. The topological polar surface area (TPSA) is 29.1 Å². The van der Waals surface area contributed by atoms with Gasteiger partial charge in [-0.05, 0) is 6.42 Å². The molecule has 3 heteroatoms. The van der Waals surface area contributed by atoms with Gasteiger partial charge in [-0.3, -0.25) is 4.79 Å². The summed E-state index contributed by atoms with van der Waals surface area (Å²) in [6.45, 7) is 2.07. The van der Waals surface area contributed by atoms with Gasteiger partial charge in [-0.25, -0.2) is 4.39 Å². The highest BCUT2D eigenvalue weighted by molar-refractivity contribution is 5.76. The molecule has 0 saturated carbocycles. The number of hydrogen-bond acceptors (Lipinski definition) is 1. The number of carbonyl (C=O) groups excluding carboxylic acids is 1. The zero-order valence-electron chi connectivity index (χ0n) is 9.58. The fourth-order valence-electron chi connectivity index (χ4n) is 1.45. The Kier molecular flexibility index (Phi) is 5.54. The van der Waals surface area contributed by atoms with Crippen molar-refractivity contribution < 1.29 is 9.18 Å². The molecule has 0 bridgehead atoms. The predicted molar refractivity (Wildman–Crippen MR) is 62.6 cm³/mol. The van der Waals surface area contributed by atoms with Crippen LogP contribution in [0.3, 0.4) is 0 Å². The van der Waals surface area contributed by atoms with Crippen LogP contribution in [0.15, 0.2) is 30.3 Å². The van der Waals surface area contributed by atoms with Crippen LogP contribution in [0.4, 0.5) is 4.39 Å². The van der Waals surface area contributed by atoms with Gasteiger partial charge in [0.25, 0.3) is 0 Å². The van der Waals surface area contributed by atoms with Gasteiger partial charge in [0.15, 0.2) is 6.30 Å². The van der Waals surface area contributed by atoms with Crippen molar-refractivity contribution in [2.24, 2.45) is 0 Å². The van der Waals surface area contributed by atoms with E-state index in [0.29, 0.717) is 12.0 Å². The number of nitrogens with one attached hydrogen (secondary N) is 1. The minimum absolute atomic E-state index is 0.218. The molecule has 1 unspecified atom stereocenters. The molecule has 2 nitrogen and oxygen atoms in total. The van der Waals surface area contributed by atoms with Gasteiger partial charge < -0.3 is 5.32 Å². The van der Waals surface area contributed by atoms with Crippen molar-refractivity contribution in [2.75, 3.05) is 0 Å². The maximum Gasteiger partial charge on any atom is 0.222 e. The molecule has 0 saturated heterocycles. The van der Waals surface area contributed by atoms with E-state index in [1.165, 1.54) is 0 Å². The molecule has 16 heavy (non-hydrogen) atoms. The Labute approximate surface area is 95.9 Å². The van der Waals surface area contributed by atoms with Crippen LogP contribution in [0.2, 0.25) is 0 Å². The number of rotatable bonds is 6. The summed E-state index contributed by atoms with van der Waals surface area (Å²) >= 11 is 0. The Morgan fingerprint density at radius 3 is 2.62 bits per heavy atom. The third-order valence-electron chi connectivity index (χ3n) is 2.39. The first-order chi connectivity index (χ1) is 7.74. The summed E-state index contributed by atoms with van der Waals surface area (Å²) in [5, 5.41) is 2.35. The molecule has 1 rings (SSSR count). The molecule has 1 aromatic carbocycles. The molecule has 88 valence electrons. The van der Waals surface area contributed by atoms with Gasteiger partial charge >= 0.3 is 0 Å². The monoisotopic (exact) mass is 223 g/mol. The standard InChI is InChI=1S/C13H18FNO/c1-2-3-5-10-12(16)15-13(14)11-8-6-4-7-9-11/h4,6-9,13H,2-3,5,10H2,1H3,(H,15,16). The van der Waals surface area contributed by atoms with Crippen LogP contribution in [-0.4, -0.2) is 5.91 Å². The second-order valence-electron chi connectivity index (χ2n) is 3.80. The fourth-order valence-corrected chi connectivity index (χ4v) is 1.45. The molecule has 0 aromatic heterocycles. The molecule has 0 aliphatic rings. The van der Waals surface area contributed by atoms with Crippen molar-refractivity contribution in [1.82, 2.24) is 5.32 Å². The summed E-state index contributed by atoms with van der Waals surface area (Å²) < 4.78 is 13.6. The summed E-state index contributed by atoms with van der Waals surface area (Å²) in [5.41, 5.74) is 0.492. The first kappa shape index (κ1) is 12.7. The third kappa shape index (κ3) is 4.43. The van der Waals surface area contributed by atoms with Gasteiger partial charge in [0.2, 0.25) is 5.91 Å². The largest absolute Gasteiger partial charge is 0.323 e. The van der Waals surface area contributed by atoms with Crippen molar-refractivity contribution in [3.8, 4) is 0 Å². The van der Waals surface area contributed by atoms with E-state index in [0.717, 1.165) is 19.3 Å². The van der Waals surface area contributed by atoms with Crippen molar-refractivity contribution in [1.29, 1.82) is 0 Å². The highest BCUT2D eigenvalue weighted by atomic mass is 19.1. The number of halogens is 1. The van der Waals surface area contributed by atoms with Crippen LogP contribution < -0.4 is 5.32 Å². The first-order valence-corrected chi connectivity index (χ1v) is 5.72. The lowest BCUT2D eigenvalue weighted by atomic mass is 10.2. The minimum atomic E-state index is -1.39. The van der Waals surface area contributed by atoms with Gasteiger partial charge in [-0.15, -0.1) is 0 Å². The van der Waals surface area contributed by atoms with Gasteiger partial charge in [-0.1, -0.05) is 50.1 Å². The number of benzene rings is 1. The molecular weight excluding hydrogens is 205 g/mol. The van der Waals surface area contributed by atoms with Crippen molar-refractivity contribution >= 4 is 5.91 Å². The quantitative estimate of drug-likeness (QED) is 0.581. The predicted octanol–water partition coefficient (Wildman–Crippen LogP) is 3.35. The van der Waals surface area contributed by atoms with E-state index in [-0.39, 0.29) is 5.91 Å². The van der Waals surface area contributed by atoms with E-state index < -0.39 is 6.30 Å². The molecule has 1 aromatic rings. The van der Waals surface area contributed by atoms with Crippen molar-refractivity contribution in [2.45, 2.75) is 38.9 Å². The number of carbonyl (C=O) groups is 1. The SMILES string of the molecule is CCCCCC(=O)NC(F)c1ccccc1. The highest BCUT2D eigenvalue weighted by Gasteiger charge is 2.11. The lowest BCUT2D eigenvalue weighted by Gasteiger charge is -2.10. The van der Waals surface area contributed by atoms with Gasteiger partial charge in [0.05, 0.1) is 0 Å². The van der Waals surface area contributed by atoms with E-state index in [9.17, 15) is 9.18 Å². The zero-order valence-corrected chi connectivity index (χ0v) is 9.58. The lowest BCUT2D eigenvalue weighted by molar-refractivity contribution is -0.123. The van der Waals surface area contributed by atoms with Crippen molar-refractivity contribution in [3.05, 3.63) is 35.9 Å². The minimum Gasteiger partial charge on any atom is -0.323 e. The zero-order chi connectivity index (χ0) is 11.8. The van der Waals surface area contributed by atoms with Crippen LogP contribution in [0.25, 0.3) is 0 Å². The van der Waals surface area contributed by atoms with Crippen LogP contribution in [-0.2, 0) is 4.79 Å². The summed E-state index contributed by atoms with van der Waals surface area (Å²) in [5.74, 6) is -0.218. The average molecular weight is 223 g/mol. The Morgan fingerprint density at radius 2 is 2.00 bits per heavy atom. The molecule has 0 spiro atoms. The number of amides is 1. The normalized spacial score (nSPS) is 12.1. The Morgan fingerprint density at radius 1 is 1.31 bits per heavy atom. The maximum absolute atomic E-state index is 13.6. The summed E-state index contributed by atoms with van der Waals surface area (Å²) in [6.07, 6.45) is 1.90. The summed E-state index contributed by atoms with van der Waals surface area (Å²) in [4.78, 5) is 11.4. The summed E-state index contributed by atoms with van der Waals surface area (Å²) in [7, 11) is 0. The second kappa shape index (κ2) is 6.99. The molecule has 0 aliphatic carbocycles. The molecule has 0 heterocycles. The second-order valence-corrected chi connectivity index (χ2v) is 3.80. The van der Waals surface area contributed by atoms with Gasteiger partial charge in [0.1, 0.15) is 0 Å². The van der Waals surface area contributed by atoms with Crippen LogP contribution in [0, 0.1) is 0 Å².